The Balaban J connectivity index is 1.71. The predicted octanol–water partition coefficient (Wildman–Crippen LogP) is 4.22. The molecular weight excluding hydrogens is 428 g/mol. The maximum absolute atomic E-state index is 12.3. The molecule has 1 amide bonds. The number of carbonyl (C=O) groups is 1. The average Bonchev–Trinajstić information content (AvgIpc) is 3.35. The number of carbonyl (C=O) groups excluding carboxylic acids is 1. The number of aromatic nitrogens is 2. The normalized spacial score (nSPS) is 19.3. The summed E-state index contributed by atoms with van der Waals surface area (Å²) in [5.41, 5.74) is 3.39. The van der Waals surface area contributed by atoms with Gasteiger partial charge in [-0.15, -0.1) is 5.10 Å². The Morgan fingerprint density at radius 1 is 1.29 bits per heavy atom. The van der Waals surface area contributed by atoms with Crippen LogP contribution < -0.4 is 15.1 Å². The van der Waals surface area contributed by atoms with Crippen molar-refractivity contribution < 1.29 is 4.79 Å². The Hall–Kier alpha value is -3.49. The van der Waals surface area contributed by atoms with Crippen LogP contribution in [0.3, 0.4) is 0 Å². The first-order chi connectivity index (χ1) is 16.3. The van der Waals surface area contributed by atoms with E-state index in [1.165, 1.54) is 12.8 Å². The topological polar surface area (TPSA) is 89.3 Å². The summed E-state index contributed by atoms with van der Waals surface area (Å²) in [6, 6.07) is 6.11. The van der Waals surface area contributed by atoms with Crippen molar-refractivity contribution in [3.05, 3.63) is 35.5 Å². The van der Waals surface area contributed by atoms with Crippen LogP contribution in [0.15, 0.2) is 34.6 Å². The highest BCUT2D eigenvalue weighted by Crippen LogP contribution is 2.40. The smallest absolute Gasteiger partial charge is 0.253 e. The van der Waals surface area contributed by atoms with Crippen molar-refractivity contribution >= 4 is 41.6 Å². The fourth-order valence-corrected chi connectivity index (χ4v) is 4.98. The summed E-state index contributed by atoms with van der Waals surface area (Å²) in [4.78, 5) is 27.9. The van der Waals surface area contributed by atoms with Gasteiger partial charge in [0.2, 0.25) is 5.95 Å². The molecule has 1 aliphatic heterocycles. The second kappa shape index (κ2) is 9.79. The Morgan fingerprint density at radius 3 is 2.65 bits per heavy atom. The second-order valence-corrected chi connectivity index (χ2v) is 9.18. The zero-order chi connectivity index (χ0) is 24.4. The van der Waals surface area contributed by atoms with Crippen LogP contribution in [0.5, 0.6) is 0 Å². The third-order valence-corrected chi connectivity index (χ3v) is 6.74. The minimum absolute atomic E-state index is 0.0213. The van der Waals surface area contributed by atoms with Gasteiger partial charge in [-0.1, -0.05) is 19.8 Å². The summed E-state index contributed by atoms with van der Waals surface area (Å²) in [7, 11) is 5.49. The molecule has 2 aromatic rings. The average molecular weight is 463 g/mol. The molecule has 1 aliphatic carbocycles. The van der Waals surface area contributed by atoms with E-state index in [0.29, 0.717) is 17.6 Å². The van der Waals surface area contributed by atoms with Crippen molar-refractivity contribution in [1.29, 1.82) is 0 Å². The van der Waals surface area contributed by atoms with Crippen LogP contribution >= 0.6 is 0 Å². The van der Waals surface area contributed by atoms with E-state index in [0.717, 1.165) is 47.9 Å². The molecule has 0 bridgehead atoms. The Labute approximate surface area is 201 Å². The minimum Gasteiger partial charge on any atom is -0.345 e. The van der Waals surface area contributed by atoms with Gasteiger partial charge >= 0.3 is 0 Å². The van der Waals surface area contributed by atoms with Crippen molar-refractivity contribution in [3.8, 4) is 0 Å². The first-order valence-corrected chi connectivity index (χ1v) is 11.9. The third kappa shape index (κ3) is 4.34. The summed E-state index contributed by atoms with van der Waals surface area (Å²) >= 11 is 0. The fraction of sp³-hybridized carbons (Fsp3) is 0.480. The molecule has 2 aliphatic rings. The van der Waals surface area contributed by atoms with E-state index in [-0.39, 0.29) is 11.9 Å². The largest absolute Gasteiger partial charge is 0.345 e. The molecule has 9 nitrogen and oxygen atoms in total. The maximum Gasteiger partial charge on any atom is 0.253 e. The van der Waals surface area contributed by atoms with Gasteiger partial charge in [0.15, 0.2) is 11.7 Å². The monoisotopic (exact) mass is 462 g/mol. The van der Waals surface area contributed by atoms with Gasteiger partial charge in [-0.05, 0) is 49.9 Å². The third-order valence-electron chi connectivity index (χ3n) is 6.74. The van der Waals surface area contributed by atoms with Gasteiger partial charge in [-0.3, -0.25) is 4.79 Å². The van der Waals surface area contributed by atoms with Crippen LogP contribution in [0.2, 0.25) is 0 Å². The maximum atomic E-state index is 12.3. The van der Waals surface area contributed by atoms with E-state index < -0.39 is 0 Å². The Bertz CT molecular complexity index is 1110. The summed E-state index contributed by atoms with van der Waals surface area (Å²) in [5.74, 6) is 2.30. The number of hydrogen-bond acceptors (Lipinski definition) is 7. The Kier molecular flexibility index (Phi) is 6.81. The van der Waals surface area contributed by atoms with Crippen molar-refractivity contribution in [1.82, 2.24) is 14.9 Å². The van der Waals surface area contributed by atoms with Gasteiger partial charge in [0, 0.05) is 45.2 Å². The molecule has 0 saturated heterocycles. The van der Waals surface area contributed by atoms with Gasteiger partial charge in [0.05, 0.1) is 12.2 Å². The number of benzene rings is 1. The first kappa shape index (κ1) is 23.7. The highest BCUT2D eigenvalue weighted by molar-refractivity contribution is 6.08. The van der Waals surface area contributed by atoms with Crippen LogP contribution in [0.4, 0.5) is 23.1 Å². The number of anilines is 4. The number of hydrogen-bond donors (Lipinski definition) is 1. The zero-order valence-electron chi connectivity index (χ0n) is 20.7. The van der Waals surface area contributed by atoms with E-state index in [9.17, 15) is 4.79 Å². The lowest BCUT2D eigenvalue weighted by Crippen LogP contribution is -2.55. The zero-order valence-corrected chi connectivity index (χ0v) is 20.7. The van der Waals surface area contributed by atoms with Crippen LogP contribution in [0.1, 0.15) is 54.9 Å². The summed E-state index contributed by atoms with van der Waals surface area (Å²) < 4.78 is 0. The summed E-state index contributed by atoms with van der Waals surface area (Å²) in [5, 5.41) is 11.6. The lowest BCUT2D eigenvalue weighted by Gasteiger charge is -2.45. The summed E-state index contributed by atoms with van der Waals surface area (Å²) in [6.45, 7) is 7.73. The molecular formula is C25H34N8O. The molecule has 1 aromatic heterocycles. The highest BCUT2D eigenvalue weighted by Gasteiger charge is 2.40. The fourth-order valence-electron chi connectivity index (χ4n) is 4.98. The van der Waals surface area contributed by atoms with Crippen LogP contribution in [-0.4, -0.2) is 66.6 Å². The van der Waals surface area contributed by atoms with E-state index >= 15 is 0 Å². The molecule has 1 saturated carbocycles. The molecule has 0 spiro atoms. The van der Waals surface area contributed by atoms with E-state index in [4.69, 9.17) is 4.98 Å². The predicted molar refractivity (Wildman–Crippen MR) is 139 cm³/mol. The van der Waals surface area contributed by atoms with Crippen molar-refractivity contribution in [2.45, 2.75) is 58.0 Å². The number of nitrogens with one attached hydrogen (secondary N) is 1. The van der Waals surface area contributed by atoms with E-state index in [2.05, 4.69) is 39.0 Å². The van der Waals surface area contributed by atoms with Crippen molar-refractivity contribution in [2.24, 2.45) is 10.2 Å². The first-order valence-electron chi connectivity index (χ1n) is 11.9. The minimum atomic E-state index is -0.0213. The van der Waals surface area contributed by atoms with Gasteiger partial charge in [0.25, 0.3) is 5.91 Å². The highest BCUT2D eigenvalue weighted by atomic mass is 16.2. The number of fused-ring (bicyclic) bond motifs is 1. The number of rotatable bonds is 6. The molecule has 9 heteroatoms. The molecule has 4 rings (SSSR count). The van der Waals surface area contributed by atoms with Crippen molar-refractivity contribution in [2.75, 3.05) is 36.3 Å². The quantitative estimate of drug-likeness (QED) is 0.511. The lowest BCUT2D eigenvalue weighted by molar-refractivity contribution is 0.0827. The number of nitrogens with zero attached hydrogens (tertiary/aromatic N) is 7. The molecule has 0 radical (unpaired) electrons. The lowest BCUT2D eigenvalue weighted by atomic mass is 10.0. The molecule has 1 aromatic carbocycles. The van der Waals surface area contributed by atoms with Gasteiger partial charge < -0.3 is 20.0 Å². The molecule has 34 heavy (non-hydrogen) atoms. The Morgan fingerprint density at radius 2 is 2.03 bits per heavy atom. The van der Waals surface area contributed by atoms with E-state index in [1.54, 1.807) is 19.0 Å². The molecule has 1 atom stereocenters. The van der Waals surface area contributed by atoms with Crippen LogP contribution in [-0.2, 0) is 0 Å². The van der Waals surface area contributed by atoms with Crippen LogP contribution in [0, 0.1) is 6.92 Å². The summed E-state index contributed by atoms with van der Waals surface area (Å²) in [6.07, 6.45) is 7.46. The van der Waals surface area contributed by atoms with Gasteiger partial charge in [-0.2, -0.15) is 10.1 Å². The van der Waals surface area contributed by atoms with E-state index in [1.807, 2.05) is 43.3 Å². The molecule has 2 heterocycles. The van der Waals surface area contributed by atoms with Gasteiger partial charge in [0.1, 0.15) is 5.69 Å². The number of amidine groups is 1. The standard InChI is InChI=1S/C25H34N8O/c1-7-20-23(30-26-3)32(6)21-15-27-25(29-22(21)33(20)18-10-8-9-11-18)28-19-13-12-17(14-16(19)2)24(34)31(4)5/h12-15,18,20H,3,7-11H2,1-2,4-6H3,(H,27,28,29)/b30-23-/t20-/m1/s1. The number of aryl methyl sites for hydroxylation is 1. The van der Waals surface area contributed by atoms with Crippen molar-refractivity contribution in [3.63, 3.8) is 0 Å². The molecule has 1 N–H and O–H groups in total. The molecule has 0 unspecified atom stereocenters. The second-order valence-electron chi connectivity index (χ2n) is 9.18. The number of likely N-dealkylation sites (N-methyl/N-ethyl adjacent to an activating group) is 1. The van der Waals surface area contributed by atoms with Crippen LogP contribution in [0.25, 0.3) is 0 Å². The number of amides is 1. The molecule has 180 valence electrons. The molecule has 1 fully saturated rings. The SMILES string of the molecule is C=N/N=C1/[C@@H](CC)N(C2CCCC2)c2nc(Nc3ccc(C(=O)N(C)C)cc3C)ncc2N1C. The van der Waals surface area contributed by atoms with Gasteiger partial charge in [-0.25, -0.2) is 4.98 Å².